The van der Waals surface area contributed by atoms with Crippen LogP contribution in [-0.2, 0) is 6.61 Å². The van der Waals surface area contributed by atoms with E-state index in [1.165, 1.54) is 5.56 Å². The van der Waals surface area contributed by atoms with E-state index in [0.717, 1.165) is 11.1 Å². The third-order valence-electron chi connectivity index (χ3n) is 4.56. The van der Waals surface area contributed by atoms with Gasteiger partial charge in [-0.3, -0.25) is 4.79 Å². The second-order valence-corrected chi connectivity index (χ2v) is 6.57. The van der Waals surface area contributed by atoms with Crippen molar-refractivity contribution in [3.63, 3.8) is 0 Å². The molecule has 1 aromatic heterocycles. The number of nitrogens with one attached hydrogen (secondary N) is 1. The summed E-state index contributed by atoms with van der Waals surface area (Å²) in [6.07, 6.45) is 0. The van der Waals surface area contributed by atoms with Crippen molar-refractivity contribution >= 4 is 10.9 Å². The molecule has 0 aliphatic carbocycles. The van der Waals surface area contributed by atoms with E-state index in [9.17, 15) is 4.79 Å². The zero-order valence-corrected chi connectivity index (χ0v) is 15.7. The molecule has 0 amide bonds. The number of aromatic amines is 1. The molecular formula is C23H20N2O3. The van der Waals surface area contributed by atoms with E-state index in [2.05, 4.69) is 29.0 Å². The summed E-state index contributed by atoms with van der Waals surface area (Å²) in [6.45, 7) is 2.47. The van der Waals surface area contributed by atoms with E-state index >= 15 is 0 Å². The van der Waals surface area contributed by atoms with Crippen LogP contribution in [0.5, 0.6) is 11.5 Å². The Balaban J connectivity index is 1.68. The number of para-hydroxylation sites is 1. The number of aromatic nitrogens is 2. The largest absolute Gasteiger partial charge is 0.493 e. The maximum absolute atomic E-state index is 12.4. The SMILES string of the molecule is COc1ccc(-c2nc3ccccc3c(=O)[nH]2)cc1OCc1ccc(C)cc1. The Morgan fingerprint density at radius 1 is 0.964 bits per heavy atom. The molecule has 140 valence electrons. The lowest BCUT2D eigenvalue weighted by Crippen LogP contribution is -2.09. The zero-order valence-electron chi connectivity index (χ0n) is 15.7. The van der Waals surface area contributed by atoms with Crippen molar-refractivity contribution in [2.45, 2.75) is 13.5 Å². The fourth-order valence-electron chi connectivity index (χ4n) is 3.01. The molecule has 0 spiro atoms. The number of benzene rings is 3. The molecule has 0 saturated carbocycles. The molecule has 3 aromatic carbocycles. The Labute approximate surface area is 162 Å². The lowest BCUT2D eigenvalue weighted by atomic mass is 10.1. The van der Waals surface area contributed by atoms with Crippen LogP contribution in [0.15, 0.2) is 71.5 Å². The van der Waals surface area contributed by atoms with E-state index in [-0.39, 0.29) is 5.56 Å². The minimum atomic E-state index is -0.168. The lowest BCUT2D eigenvalue weighted by Gasteiger charge is -2.13. The second kappa shape index (κ2) is 7.56. The average Bonchev–Trinajstić information content (AvgIpc) is 2.73. The van der Waals surface area contributed by atoms with Gasteiger partial charge < -0.3 is 14.5 Å². The number of ether oxygens (including phenoxy) is 2. The van der Waals surface area contributed by atoms with Crippen LogP contribution >= 0.6 is 0 Å². The van der Waals surface area contributed by atoms with Crippen LogP contribution in [0.4, 0.5) is 0 Å². The predicted octanol–water partition coefficient (Wildman–Crippen LogP) is 4.49. The fourth-order valence-corrected chi connectivity index (χ4v) is 3.01. The smallest absolute Gasteiger partial charge is 0.259 e. The summed E-state index contributed by atoms with van der Waals surface area (Å²) < 4.78 is 11.4. The first-order valence-corrected chi connectivity index (χ1v) is 9.00. The topological polar surface area (TPSA) is 64.2 Å². The highest BCUT2D eigenvalue weighted by atomic mass is 16.5. The molecule has 0 radical (unpaired) electrons. The van der Waals surface area contributed by atoms with Crippen LogP contribution in [0.25, 0.3) is 22.3 Å². The zero-order chi connectivity index (χ0) is 19.5. The van der Waals surface area contributed by atoms with E-state index in [1.54, 1.807) is 13.2 Å². The molecule has 0 aliphatic heterocycles. The number of fused-ring (bicyclic) bond motifs is 1. The first-order chi connectivity index (χ1) is 13.6. The third kappa shape index (κ3) is 3.60. The van der Waals surface area contributed by atoms with Crippen LogP contribution in [-0.4, -0.2) is 17.1 Å². The summed E-state index contributed by atoms with van der Waals surface area (Å²) in [6, 6.07) is 20.9. The van der Waals surface area contributed by atoms with E-state index in [0.29, 0.717) is 34.8 Å². The molecule has 4 rings (SSSR count). The lowest BCUT2D eigenvalue weighted by molar-refractivity contribution is 0.284. The first-order valence-electron chi connectivity index (χ1n) is 9.00. The molecule has 0 saturated heterocycles. The van der Waals surface area contributed by atoms with Crippen LogP contribution < -0.4 is 15.0 Å². The van der Waals surface area contributed by atoms with Crippen LogP contribution in [0.1, 0.15) is 11.1 Å². The Bertz CT molecular complexity index is 1180. The Hall–Kier alpha value is -3.60. The van der Waals surface area contributed by atoms with Crippen LogP contribution in [0, 0.1) is 6.92 Å². The average molecular weight is 372 g/mol. The maximum atomic E-state index is 12.4. The Morgan fingerprint density at radius 3 is 2.54 bits per heavy atom. The normalized spacial score (nSPS) is 10.8. The number of hydrogen-bond donors (Lipinski definition) is 1. The quantitative estimate of drug-likeness (QED) is 0.561. The summed E-state index contributed by atoms with van der Waals surface area (Å²) in [5.41, 5.74) is 3.50. The highest BCUT2D eigenvalue weighted by Gasteiger charge is 2.11. The van der Waals surface area contributed by atoms with Gasteiger partial charge >= 0.3 is 0 Å². The summed E-state index contributed by atoms with van der Waals surface area (Å²) in [5.74, 6) is 1.71. The minimum absolute atomic E-state index is 0.168. The molecule has 0 bridgehead atoms. The van der Waals surface area contributed by atoms with E-state index in [4.69, 9.17) is 9.47 Å². The second-order valence-electron chi connectivity index (χ2n) is 6.57. The molecule has 28 heavy (non-hydrogen) atoms. The Morgan fingerprint density at radius 2 is 1.75 bits per heavy atom. The number of aryl methyl sites for hydroxylation is 1. The highest BCUT2D eigenvalue weighted by molar-refractivity contribution is 5.79. The fraction of sp³-hybridized carbons (Fsp3) is 0.130. The number of methoxy groups -OCH3 is 1. The van der Waals surface area contributed by atoms with Gasteiger partial charge in [0.25, 0.3) is 5.56 Å². The molecule has 1 N–H and O–H groups in total. The van der Waals surface area contributed by atoms with Crippen molar-refractivity contribution in [3.05, 3.63) is 88.2 Å². The van der Waals surface area contributed by atoms with Gasteiger partial charge in [0.05, 0.1) is 18.0 Å². The number of hydrogen-bond acceptors (Lipinski definition) is 4. The molecule has 5 nitrogen and oxygen atoms in total. The first kappa shape index (κ1) is 17.8. The van der Waals surface area contributed by atoms with Gasteiger partial charge in [0.1, 0.15) is 12.4 Å². The minimum Gasteiger partial charge on any atom is -0.493 e. The van der Waals surface area contributed by atoms with Gasteiger partial charge in [0, 0.05) is 5.56 Å². The van der Waals surface area contributed by atoms with Crippen LogP contribution in [0.3, 0.4) is 0 Å². The van der Waals surface area contributed by atoms with Gasteiger partial charge in [-0.1, -0.05) is 42.0 Å². The van der Waals surface area contributed by atoms with Gasteiger partial charge in [0.15, 0.2) is 11.5 Å². The molecule has 0 atom stereocenters. The number of H-pyrrole nitrogens is 1. The molecular weight excluding hydrogens is 352 g/mol. The molecule has 1 heterocycles. The number of rotatable bonds is 5. The third-order valence-corrected chi connectivity index (χ3v) is 4.56. The number of nitrogens with zero attached hydrogens (tertiary/aromatic N) is 1. The van der Waals surface area contributed by atoms with Gasteiger partial charge in [-0.15, -0.1) is 0 Å². The van der Waals surface area contributed by atoms with Crippen molar-refractivity contribution in [2.24, 2.45) is 0 Å². The van der Waals surface area contributed by atoms with Gasteiger partial charge in [-0.2, -0.15) is 0 Å². The summed E-state index contributed by atoms with van der Waals surface area (Å²) >= 11 is 0. The van der Waals surface area contributed by atoms with Crippen LogP contribution in [0.2, 0.25) is 0 Å². The van der Waals surface area contributed by atoms with Crippen molar-refractivity contribution in [2.75, 3.05) is 7.11 Å². The maximum Gasteiger partial charge on any atom is 0.259 e. The van der Waals surface area contributed by atoms with E-state index in [1.807, 2.05) is 48.5 Å². The summed E-state index contributed by atoms with van der Waals surface area (Å²) in [4.78, 5) is 19.8. The van der Waals surface area contributed by atoms with Crippen molar-refractivity contribution < 1.29 is 9.47 Å². The molecule has 0 fully saturated rings. The standard InChI is InChI=1S/C23H20N2O3/c1-15-7-9-16(10-8-15)14-28-21-13-17(11-12-20(21)27-2)22-24-19-6-4-3-5-18(19)23(26)25-22/h3-13H,14H2,1-2H3,(H,24,25,26). The van der Waals surface area contributed by atoms with Crippen molar-refractivity contribution in [3.8, 4) is 22.9 Å². The van der Waals surface area contributed by atoms with Crippen molar-refractivity contribution in [1.29, 1.82) is 0 Å². The molecule has 5 heteroatoms. The summed E-state index contributed by atoms with van der Waals surface area (Å²) in [5, 5.41) is 0.565. The van der Waals surface area contributed by atoms with Gasteiger partial charge in [0.2, 0.25) is 0 Å². The Kier molecular flexibility index (Phi) is 4.81. The van der Waals surface area contributed by atoms with Gasteiger partial charge in [-0.05, 0) is 42.8 Å². The molecule has 4 aromatic rings. The van der Waals surface area contributed by atoms with Gasteiger partial charge in [-0.25, -0.2) is 4.98 Å². The highest BCUT2D eigenvalue weighted by Crippen LogP contribution is 2.32. The van der Waals surface area contributed by atoms with E-state index < -0.39 is 0 Å². The molecule has 0 aliphatic rings. The van der Waals surface area contributed by atoms with Crippen molar-refractivity contribution in [1.82, 2.24) is 9.97 Å². The molecule has 0 unspecified atom stereocenters. The predicted molar refractivity (Wildman–Crippen MR) is 110 cm³/mol. The monoisotopic (exact) mass is 372 g/mol. The summed E-state index contributed by atoms with van der Waals surface area (Å²) in [7, 11) is 1.60.